The number of benzene rings is 2. The molecule has 3 amide bonds. The largest absolute Gasteiger partial charge is 0.489 e. The average molecular weight is 586 g/mol. The molecule has 7 nitrogen and oxygen atoms in total. The molecule has 39 heavy (non-hydrogen) atoms. The summed E-state index contributed by atoms with van der Waals surface area (Å²) in [6, 6.07) is 8.37. The van der Waals surface area contributed by atoms with Gasteiger partial charge in [0.2, 0.25) is 11.8 Å². The van der Waals surface area contributed by atoms with Gasteiger partial charge in [0.1, 0.15) is 29.9 Å². The van der Waals surface area contributed by atoms with E-state index in [0.29, 0.717) is 22.0 Å². The Morgan fingerprint density at radius 2 is 1.85 bits per heavy atom. The lowest BCUT2D eigenvalue weighted by atomic mass is 9.67. The monoisotopic (exact) mass is 585 g/mol. The highest BCUT2D eigenvalue weighted by Gasteiger charge is 2.63. The lowest BCUT2D eigenvalue weighted by Crippen LogP contribution is -2.61. The van der Waals surface area contributed by atoms with Gasteiger partial charge in [0.15, 0.2) is 0 Å². The van der Waals surface area contributed by atoms with E-state index in [0.717, 1.165) is 0 Å². The molecule has 1 aliphatic carbocycles. The summed E-state index contributed by atoms with van der Waals surface area (Å²) in [5.41, 5.74) is -1.64. The fraction of sp³-hybridized carbons (Fsp3) is 0.444. The molecule has 2 N–H and O–H groups in total. The van der Waals surface area contributed by atoms with Gasteiger partial charge in [0, 0.05) is 28.6 Å². The zero-order valence-electron chi connectivity index (χ0n) is 21.3. The van der Waals surface area contributed by atoms with Crippen LogP contribution in [0.5, 0.6) is 5.75 Å². The van der Waals surface area contributed by atoms with Crippen molar-refractivity contribution >= 4 is 46.6 Å². The molecule has 1 heterocycles. The van der Waals surface area contributed by atoms with Crippen LogP contribution in [0.1, 0.15) is 38.7 Å². The first-order valence-corrected chi connectivity index (χ1v) is 13.3. The van der Waals surface area contributed by atoms with E-state index >= 15 is 0 Å². The highest BCUT2D eigenvalue weighted by atomic mass is 35.5. The van der Waals surface area contributed by atoms with Crippen LogP contribution in [-0.2, 0) is 20.8 Å². The van der Waals surface area contributed by atoms with Crippen LogP contribution < -0.4 is 20.3 Å². The van der Waals surface area contributed by atoms with Gasteiger partial charge in [0.25, 0.3) is 5.91 Å². The number of hydrogen-bond donors (Lipinski definition) is 2. The molecule has 0 bridgehead atoms. The van der Waals surface area contributed by atoms with Crippen LogP contribution in [0.4, 0.5) is 18.9 Å². The molecule has 0 unspecified atom stereocenters. The second kappa shape index (κ2) is 11.3. The van der Waals surface area contributed by atoms with Crippen molar-refractivity contribution in [2.45, 2.75) is 63.8 Å². The van der Waals surface area contributed by atoms with Gasteiger partial charge in [0.05, 0.1) is 5.69 Å². The van der Waals surface area contributed by atoms with Gasteiger partial charge in [-0.3, -0.25) is 14.4 Å². The number of hydrogen-bond acceptors (Lipinski definition) is 4. The molecule has 210 valence electrons. The third kappa shape index (κ3) is 5.82. The first kappa shape index (κ1) is 29.0. The fourth-order valence-corrected chi connectivity index (χ4v) is 5.18. The van der Waals surface area contributed by atoms with Crippen molar-refractivity contribution in [2.75, 3.05) is 11.5 Å². The maximum atomic E-state index is 13.8. The first-order valence-electron chi connectivity index (χ1n) is 12.5. The molecule has 0 saturated heterocycles. The quantitative estimate of drug-likeness (QED) is 0.475. The van der Waals surface area contributed by atoms with Gasteiger partial charge in [-0.25, -0.2) is 0 Å². The van der Waals surface area contributed by atoms with Gasteiger partial charge < -0.3 is 20.3 Å². The Labute approximate surface area is 234 Å². The molecule has 0 spiro atoms. The van der Waals surface area contributed by atoms with E-state index in [1.165, 1.54) is 4.90 Å². The number of carbonyl (C=O) groups is 3. The molecule has 0 radical (unpaired) electrons. The molecule has 1 saturated carbocycles. The van der Waals surface area contributed by atoms with Gasteiger partial charge in [-0.2, -0.15) is 13.2 Å². The van der Waals surface area contributed by atoms with Crippen LogP contribution in [0.15, 0.2) is 42.5 Å². The number of nitrogens with zero attached hydrogens (tertiary/aromatic N) is 1. The molecule has 1 aliphatic heterocycles. The van der Waals surface area contributed by atoms with Crippen molar-refractivity contribution < 1.29 is 32.3 Å². The molecular weight excluding hydrogens is 558 g/mol. The number of rotatable bonds is 7. The molecule has 2 atom stereocenters. The van der Waals surface area contributed by atoms with Crippen molar-refractivity contribution in [3.8, 4) is 5.75 Å². The third-order valence-electron chi connectivity index (χ3n) is 7.14. The van der Waals surface area contributed by atoms with Crippen molar-refractivity contribution in [3.63, 3.8) is 0 Å². The summed E-state index contributed by atoms with van der Waals surface area (Å²) in [4.78, 5) is 41.4. The topological polar surface area (TPSA) is 87.7 Å². The summed E-state index contributed by atoms with van der Waals surface area (Å²) in [7, 11) is 0. The Balaban J connectivity index is 1.60. The molecule has 4 rings (SSSR count). The van der Waals surface area contributed by atoms with Gasteiger partial charge in [-0.05, 0) is 50.5 Å². The van der Waals surface area contributed by atoms with Crippen LogP contribution in [0.25, 0.3) is 0 Å². The predicted octanol–water partition coefficient (Wildman–Crippen LogP) is 5.07. The SMILES string of the molecule is CC(C)N1C(=O)[C@H](NC(=O)[C@@H](Cc2ccccc2Cl)NC(=O)C2(C(F)(F)F)CCC2)COc2cc(Cl)ccc21. The maximum absolute atomic E-state index is 13.8. The summed E-state index contributed by atoms with van der Waals surface area (Å²) in [5.74, 6) is -2.25. The van der Waals surface area contributed by atoms with Crippen LogP contribution in [0.3, 0.4) is 0 Å². The van der Waals surface area contributed by atoms with Gasteiger partial charge in [-0.1, -0.05) is 47.8 Å². The Kier molecular flexibility index (Phi) is 8.37. The van der Waals surface area contributed by atoms with E-state index in [1.54, 1.807) is 56.3 Å². The van der Waals surface area contributed by atoms with Crippen molar-refractivity contribution in [2.24, 2.45) is 5.41 Å². The minimum Gasteiger partial charge on any atom is -0.489 e. The van der Waals surface area contributed by atoms with Crippen LogP contribution >= 0.6 is 23.2 Å². The first-order chi connectivity index (χ1) is 18.3. The smallest absolute Gasteiger partial charge is 0.403 e. The highest BCUT2D eigenvalue weighted by Crippen LogP contribution is 2.53. The standard InChI is InChI=1S/C27H28Cl2F3N3O4/c1-15(2)35-21-9-8-17(28)13-22(21)39-14-20(24(35)37)33-23(36)19(12-16-6-3-4-7-18(16)29)34-25(38)26(10-5-11-26)27(30,31)32/h3-4,6-9,13,15,19-20H,5,10-12,14H2,1-2H3,(H,33,36)(H,34,38)/t19-,20-/m1/s1. The van der Waals surface area contributed by atoms with E-state index in [2.05, 4.69) is 10.6 Å². The van der Waals surface area contributed by atoms with Crippen molar-refractivity contribution in [1.29, 1.82) is 0 Å². The molecule has 12 heteroatoms. The Hall–Kier alpha value is -2.98. The van der Waals surface area contributed by atoms with E-state index in [1.807, 2.05) is 0 Å². The summed E-state index contributed by atoms with van der Waals surface area (Å²) in [6.07, 6.45) is -5.42. The van der Waals surface area contributed by atoms with Gasteiger partial charge in [-0.15, -0.1) is 0 Å². The number of carbonyl (C=O) groups excluding carboxylic acids is 3. The van der Waals surface area contributed by atoms with Crippen LogP contribution in [-0.4, -0.2) is 48.6 Å². The summed E-state index contributed by atoms with van der Waals surface area (Å²) in [5, 5.41) is 5.57. The van der Waals surface area contributed by atoms with E-state index in [4.69, 9.17) is 27.9 Å². The second-order valence-electron chi connectivity index (χ2n) is 10.0. The highest BCUT2D eigenvalue weighted by molar-refractivity contribution is 6.31. The Morgan fingerprint density at radius 3 is 2.44 bits per heavy atom. The molecule has 2 aliphatic rings. The van der Waals surface area contributed by atoms with E-state index < -0.39 is 41.4 Å². The molecule has 2 aromatic carbocycles. The molecular formula is C27H28Cl2F3N3O4. The van der Waals surface area contributed by atoms with Crippen molar-refractivity contribution in [3.05, 3.63) is 58.1 Å². The Morgan fingerprint density at radius 1 is 1.15 bits per heavy atom. The van der Waals surface area contributed by atoms with Crippen molar-refractivity contribution in [1.82, 2.24) is 10.6 Å². The zero-order chi connectivity index (χ0) is 28.5. The number of fused-ring (bicyclic) bond motifs is 1. The van der Waals surface area contributed by atoms with Crippen LogP contribution in [0, 0.1) is 5.41 Å². The second-order valence-corrected chi connectivity index (χ2v) is 10.9. The lowest BCUT2D eigenvalue weighted by molar-refractivity contribution is -0.243. The van der Waals surface area contributed by atoms with Gasteiger partial charge >= 0.3 is 6.18 Å². The molecule has 2 aromatic rings. The number of halogens is 5. The summed E-state index contributed by atoms with van der Waals surface area (Å²) >= 11 is 12.3. The van der Waals surface area contributed by atoms with E-state index in [9.17, 15) is 27.6 Å². The average Bonchev–Trinajstić information content (AvgIpc) is 2.94. The maximum Gasteiger partial charge on any atom is 0.403 e. The normalized spacial score (nSPS) is 19.3. The lowest BCUT2D eigenvalue weighted by Gasteiger charge is -2.42. The molecule has 0 aromatic heterocycles. The number of ether oxygens (including phenoxy) is 1. The number of amides is 3. The number of anilines is 1. The summed E-state index contributed by atoms with van der Waals surface area (Å²) in [6.45, 7) is 3.33. The Bertz CT molecular complexity index is 1270. The zero-order valence-corrected chi connectivity index (χ0v) is 22.8. The number of alkyl halides is 3. The van der Waals surface area contributed by atoms with Crippen LogP contribution in [0.2, 0.25) is 10.0 Å². The number of nitrogens with one attached hydrogen (secondary N) is 2. The minimum absolute atomic E-state index is 0.184. The minimum atomic E-state index is -4.77. The predicted molar refractivity (Wildman–Crippen MR) is 141 cm³/mol. The third-order valence-corrected chi connectivity index (χ3v) is 7.75. The molecule has 1 fully saturated rings. The fourth-order valence-electron chi connectivity index (χ4n) is 4.80. The summed E-state index contributed by atoms with van der Waals surface area (Å²) < 4.78 is 47.3. The van der Waals surface area contributed by atoms with E-state index in [-0.39, 0.29) is 43.4 Å².